The Bertz CT molecular complexity index is 534. The Balaban J connectivity index is 1.87. The molecule has 0 spiro atoms. The standard InChI is InChI=1S/C16H19NO2S/c1-3-17(10-14-8-9-20-12-14)16(18)11-19-15-6-4-13(2)5-7-15/h4-9,12H,3,10-11H2,1-2H3. The molecule has 0 N–H and O–H groups in total. The second-order valence-electron chi connectivity index (χ2n) is 4.64. The zero-order valence-corrected chi connectivity index (χ0v) is 12.7. The number of benzene rings is 1. The first-order chi connectivity index (χ1) is 9.69. The maximum absolute atomic E-state index is 12.1. The third-order valence-corrected chi connectivity index (χ3v) is 3.80. The maximum atomic E-state index is 12.1. The Kier molecular flexibility index (Phi) is 5.18. The summed E-state index contributed by atoms with van der Waals surface area (Å²) in [6, 6.07) is 9.77. The first-order valence-electron chi connectivity index (χ1n) is 6.67. The summed E-state index contributed by atoms with van der Waals surface area (Å²) < 4.78 is 5.54. The van der Waals surface area contributed by atoms with Gasteiger partial charge in [0.1, 0.15) is 5.75 Å². The molecular formula is C16H19NO2S. The minimum atomic E-state index is 0.0132. The van der Waals surface area contributed by atoms with Crippen LogP contribution in [0.5, 0.6) is 5.75 Å². The lowest BCUT2D eigenvalue weighted by atomic mass is 10.2. The van der Waals surface area contributed by atoms with Gasteiger partial charge in [-0.1, -0.05) is 17.7 Å². The van der Waals surface area contributed by atoms with E-state index in [2.05, 4.69) is 5.38 Å². The number of ether oxygens (including phenoxy) is 1. The van der Waals surface area contributed by atoms with E-state index in [1.54, 1.807) is 16.2 Å². The number of hydrogen-bond acceptors (Lipinski definition) is 3. The molecule has 0 radical (unpaired) electrons. The van der Waals surface area contributed by atoms with Crippen LogP contribution in [0.3, 0.4) is 0 Å². The van der Waals surface area contributed by atoms with Crippen LogP contribution < -0.4 is 4.74 Å². The third-order valence-electron chi connectivity index (χ3n) is 3.07. The van der Waals surface area contributed by atoms with Crippen molar-refractivity contribution in [2.75, 3.05) is 13.2 Å². The molecule has 0 atom stereocenters. The molecule has 2 rings (SSSR count). The number of amides is 1. The summed E-state index contributed by atoms with van der Waals surface area (Å²) in [6.45, 7) is 5.42. The van der Waals surface area contributed by atoms with Crippen molar-refractivity contribution in [3.8, 4) is 5.75 Å². The van der Waals surface area contributed by atoms with Gasteiger partial charge in [0, 0.05) is 13.1 Å². The molecule has 20 heavy (non-hydrogen) atoms. The van der Waals surface area contributed by atoms with E-state index in [4.69, 9.17) is 4.74 Å². The third kappa shape index (κ3) is 4.10. The molecule has 0 saturated heterocycles. The summed E-state index contributed by atoms with van der Waals surface area (Å²) in [5, 5.41) is 4.09. The minimum absolute atomic E-state index is 0.0132. The van der Waals surface area contributed by atoms with Gasteiger partial charge in [0.05, 0.1) is 0 Å². The molecule has 4 heteroatoms. The Morgan fingerprint density at radius 2 is 2.00 bits per heavy atom. The van der Waals surface area contributed by atoms with Gasteiger partial charge in [-0.05, 0) is 48.4 Å². The van der Waals surface area contributed by atoms with Gasteiger partial charge in [-0.2, -0.15) is 11.3 Å². The lowest BCUT2D eigenvalue weighted by Gasteiger charge is -2.20. The van der Waals surface area contributed by atoms with Crippen molar-refractivity contribution in [1.29, 1.82) is 0 Å². The first-order valence-corrected chi connectivity index (χ1v) is 7.61. The highest BCUT2D eigenvalue weighted by Gasteiger charge is 2.13. The highest BCUT2D eigenvalue weighted by molar-refractivity contribution is 7.07. The molecule has 2 aromatic rings. The summed E-state index contributed by atoms with van der Waals surface area (Å²) in [7, 11) is 0. The van der Waals surface area contributed by atoms with Crippen LogP contribution in [0.15, 0.2) is 41.1 Å². The average molecular weight is 289 g/mol. The van der Waals surface area contributed by atoms with Crippen LogP contribution in [-0.2, 0) is 11.3 Å². The Labute approximate surface area is 123 Å². The molecule has 1 heterocycles. The lowest BCUT2D eigenvalue weighted by Crippen LogP contribution is -2.34. The number of carbonyl (C=O) groups is 1. The molecule has 1 amide bonds. The molecule has 3 nitrogen and oxygen atoms in total. The van der Waals surface area contributed by atoms with E-state index in [1.165, 1.54) is 11.1 Å². The zero-order valence-electron chi connectivity index (χ0n) is 11.8. The lowest BCUT2D eigenvalue weighted by molar-refractivity contribution is -0.133. The van der Waals surface area contributed by atoms with E-state index in [9.17, 15) is 4.79 Å². The van der Waals surface area contributed by atoms with Crippen LogP contribution in [0, 0.1) is 6.92 Å². The van der Waals surface area contributed by atoms with E-state index >= 15 is 0 Å². The summed E-state index contributed by atoms with van der Waals surface area (Å²) >= 11 is 1.65. The summed E-state index contributed by atoms with van der Waals surface area (Å²) in [6.07, 6.45) is 0. The van der Waals surface area contributed by atoms with Gasteiger partial charge in [-0.25, -0.2) is 0 Å². The monoisotopic (exact) mass is 289 g/mol. The fourth-order valence-electron chi connectivity index (χ4n) is 1.85. The highest BCUT2D eigenvalue weighted by Crippen LogP contribution is 2.13. The van der Waals surface area contributed by atoms with Crippen molar-refractivity contribution >= 4 is 17.2 Å². The van der Waals surface area contributed by atoms with Gasteiger partial charge in [-0.15, -0.1) is 0 Å². The smallest absolute Gasteiger partial charge is 0.260 e. The highest BCUT2D eigenvalue weighted by atomic mass is 32.1. The van der Waals surface area contributed by atoms with Crippen LogP contribution in [-0.4, -0.2) is 24.0 Å². The average Bonchev–Trinajstić information content (AvgIpc) is 2.97. The summed E-state index contributed by atoms with van der Waals surface area (Å²) in [5.74, 6) is 0.745. The van der Waals surface area contributed by atoms with Crippen LogP contribution in [0.2, 0.25) is 0 Å². The number of aryl methyl sites for hydroxylation is 1. The summed E-state index contributed by atoms with van der Waals surface area (Å²) in [5.41, 5.74) is 2.34. The molecule has 106 valence electrons. The molecule has 1 aromatic carbocycles. The predicted molar refractivity (Wildman–Crippen MR) is 82.1 cm³/mol. The quantitative estimate of drug-likeness (QED) is 0.814. The van der Waals surface area contributed by atoms with Crippen LogP contribution in [0.25, 0.3) is 0 Å². The van der Waals surface area contributed by atoms with Crippen molar-refractivity contribution in [1.82, 2.24) is 4.90 Å². The number of rotatable bonds is 6. The molecule has 0 unspecified atom stereocenters. The van der Waals surface area contributed by atoms with Crippen LogP contribution in [0.1, 0.15) is 18.1 Å². The van der Waals surface area contributed by atoms with Gasteiger partial charge in [0.25, 0.3) is 5.91 Å². The largest absolute Gasteiger partial charge is 0.484 e. The molecule has 0 aliphatic rings. The summed E-state index contributed by atoms with van der Waals surface area (Å²) in [4.78, 5) is 13.9. The molecule has 0 aliphatic carbocycles. The Hall–Kier alpha value is -1.81. The maximum Gasteiger partial charge on any atom is 0.260 e. The predicted octanol–water partition coefficient (Wildman–Crippen LogP) is 3.48. The van der Waals surface area contributed by atoms with Gasteiger partial charge >= 0.3 is 0 Å². The molecule has 0 fully saturated rings. The number of thiophene rings is 1. The fraction of sp³-hybridized carbons (Fsp3) is 0.312. The minimum Gasteiger partial charge on any atom is -0.484 e. The molecule has 0 bridgehead atoms. The van der Waals surface area contributed by atoms with Crippen LogP contribution >= 0.6 is 11.3 Å². The normalized spacial score (nSPS) is 10.3. The fourth-order valence-corrected chi connectivity index (χ4v) is 2.51. The Morgan fingerprint density at radius 1 is 1.25 bits per heavy atom. The van der Waals surface area contributed by atoms with Crippen molar-refractivity contribution in [3.05, 3.63) is 52.2 Å². The van der Waals surface area contributed by atoms with Crippen molar-refractivity contribution < 1.29 is 9.53 Å². The van der Waals surface area contributed by atoms with Gasteiger partial charge in [-0.3, -0.25) is 4.79 Å². The van der Waals surface area contributed by atoms with E-state index in [-0.39, 0.29) is 12.5 Å². The van der Waals surface area contributed by atoms with Gasteiger partial charge in [0.15, 0.2) is 6.61 Å². The van der Waals surface area contributed by atoms with E-state index in [0.717, 1.165) is 5.75 Å². The second-order valence-corrected chi connectivity index (χ2v) is 5.42. The molecule has 0 saturated carbocycles. The second kappa shape index (κ2) is 7.10. The topological polar surface area (TPSA) is 29.5 Å². The number of hydrogen-bond donors (Lipinski definition) is 0. The van der Waals surface area contributed by atoms with Crippen LogP contribution in [0.4, 0.5) is 0 Å². The van der Waals surface area contributed by atoms with Crippen molar-refractivity contribution in [2.24, 2.45) is 0 Å². The number of nitrogens with zero attached hydrogens (tertiary/aromatic N) is 1. The SMILES string of the molecule is CCN(Cc1ccsc1)C(=O)COc1ccc(C)cc1. The molecular weight excluding hydrogens is 270 g/mol. The van der Waals surface area contributed by atoms with E-state index < -0.39 is 0 Å². The van der Waals surface area contributed by atoms with Gasteiger partial charge < -0.3 is 9.64 Å². The number of likely N-dealkylation sites (N-methyl/N-ethyl adjacent to an activating group) is 1. The Morgan fingerprint density at radius 3 is 2.60 bits per heavy atom. The zero-order chi connectivity index (χ0) is 14.4. The van der Waals surface area contributed by atoms with Gasteiger partial charge in [0.2, 0.25) is 0 Å². The molecule has 1 aromatic heterocycles. The van der Waals surface area contributed by atoms with Crippen molar-refractivity contribution in [3.63, 3.8) is 0 Å². The first kappa shape index (κ1) is 14.6. The van der Waals surface area contributed by atoms with E-state index in [0.29, 0.717) is 13.1 Å². The molecule has 0 aliphatic heterocycles. The van der Waals surface area contributed by atoms with Crippen molar-refractivity contribution in [2.45, 2.75) is 20.4 Å². The van der Waals surface area contributed by atoms with E-state index in [1.807, 2.05) is 49.6 Å². The number of carbonyl (C=O) groups excluding carboxylic acids is 1.